The average Bonchev–Trinajstić information content (AvgIpc) is 3.84. The molecule has 0 unspecified atom stereocenters. The molecular formula is C49H29N3. The van der Waals surface area contributed by atoms with Gasteiger partial charge in [-0.1, -0.05) is 115 Å². The van der Waals surface area contributed by atoms with Gasteiger partial charge < -0.3 is 4.57 Å². The van der Waals surface area contributed by atoms with Gasteiger partial charge in [0.1, 0.15) is 5.82 Å². The molecule has 3 heteroatoms. The van der Waals surface area contributed by atoms with Gasteiger partial charge in [-0.2, -0.15) is 0 Å². The van der Waals surface area contributed by atoms with E-state index in [0.29, 0.717) is 0 Å². The quantitative estimate of drug-likeness (QED) is 0.185. The molecule has 0 fully saturated rings. The van der Waals surface area contributed by atoms with Crippen LogP contribution in [0.3, 0.4) is 0 Å². The number of fused-ring (bicyclic) bond motifs is 11. The normalized spacial score (nSPS) is 12.2. The topological polar surface area (TPSA) is 22.8 Å². The van der Waals surface area contributed by atoms with E-state index in [2.05, 4.69) is 185 Å². The fourth-order valence-electron chi connectivity index (χ4n) is 9.00. The second-order valence-corrected chi connectivity index (χ2v) is 13.9. The molecule has 12 rings (SSSR count). The Hall–Kier alpha value is -6.97. The first-order valence-corrected chi connectivity index (χ1v) is 17.9. The number of hydrogen-bond acceptors (Lipinski definition) is 1. The SMILES string of the molecule is c1ccc(-n2c3ccccc3c3cc(-c4ccc5c(c4)c4c6ccccc6ccc4n5-c4cc5c6c(cccc6n4)-c4ccccc4-5)ccc32)cc1. The molecule has 0 saturated carbocycles. The Morgan fingerprint density at radius 3 is 1.83 bits per heavy atom. The first-order valence-electron chi connectivity index (χ1n) is 17.9. The summed E-state index contributed by atoms with van der Waals surface area (Å²) in [5.41, 5.74) is 14.4. The Balaban J connectivity index is 1.12. The lowest BCUT2D eigenvalue weighted by atomic mass is 9.99. The first kappa shape index (κ1) is 27.8. The highest BCUT2D eigenvalue weighted by Crippen LogP contribution is 2.48. The van der Waals surface area contributed by atoms with Crippen molar-refractivity contribution in [3.05, 3.63) is 176 Å². The molecule has 0 atom stereocenters. The second kappa shape index (κ2) is 10.3. The van der Waals surface area contributed by atoms with E-state index in [1.165, 1.54) is 87.8 Å². The van der Waals surface area contributed by atoms with Crippen LogP contribution in [-0.2, 0) is 0 Å². The third-order valence-electron chi connectivity index (χ3n) is 11.2. The van der Waals surface area contributed by atoms with Gasteiger partial charge in [-0.25, -0.2) is 4.98 Å². The van der Waals surface area contributed by atoms with Crippen LogP contribution in [0.1, 0.15) is 0 Å². The maximum Gasteiger partial charge on any atom is 0.138 e. The van der Waals surface area contributed by atoms with Crippen LogP contribution in [0.2, 0.25) is 0 Å². The number of rotatable bonds is 3. The number of pyridine rings is 1. The average molecular weight is 660 g/mol. The van der Waals surface area contributed by atoms with E-state index >= 15 is 0 Å². The number of nitrogens with zero attached hydrogens (tertiary/aromatic N) is 3. The number of hydrogen-bond donors (Lipinski definition) is 0. The summed E-state index contributed by atoms with van der Waals surface area (Å²) in [5.74, 6) is 0.939. The van der Waals surface area contributed by atoms with Crippen LogP contribution in [0.5, 0.6) is 0 Å². The van der Waals surface area contributed by atoms with Crippen LogP contribution >= 0.6 is 0 Å². The van der Waals surface area contributed by atoms with E-state index < -0.39 is 0 Å². The maximum absolute atomic E-state index is 5.37. The van der Waals surface area contributed by atoms with E-state index in [-0.39, 0.29) is 0 Å². The fraction of sp³-hybridized carbons (Fsp3) is 0. The second-order valence-electron chi connectivity index (χ2n) is 13.9. The van der Waals surface area contributed by atoms with Crippen molar-refractivity contribution in [2.45, 2.75) is 0 Å². The van der Waals surface area contributed by atoms with Crippen LogP contribution in [0, 0.1) is 0 Å². The Bertz CT molecular complexity index is 3290. The number of para-hydroxylation sites is 2. The van der Waals surface area contributed by atoms with Crippen molar-refractivity contribution < 1.29 is 0 Å². The molecule has 0 spiro atoms. The van der Waals surface area contributed by atoms with Crippen LogP contribution < -0.4 is 0 Å². The monoisotopic (exact) mass is 659 g/mol. The van der Waals surface area contributed by atoms with Crippen LogP contribution in [0.25, 0.3) is 110 Å². The minimum atomic E-state index is 0.939. The van der Waals surface area contributed by atoms with Gasteiger partial charge in [0, 0.05) is 32.6 Å². The fourth-order valence-corrected chi connectivity index (χ4v) is 9.00. The molecule has 0 amide bonds. The molecule has 11 aromatic rings. The van der Waals surface area contributed by atoms with Gasteiger partial charge in [0.2, 0.25) is 0 Å². The lowest BCUT2D eigenvalue weighted by molar-refractivity contribution is 1.10. The Morgan fingerprint density at radius 2 is 0.981 bits per heavy atom. The van der Waals surface area contributed by atoms with E-state index in [1.54, 1.807) is 0 Å². The zero-order valence-corrected chi connectivity index (χ0v) is 28.1. The summed E-state index contributed by atoms with van der Waals surface area (Å²) in [6.45, 7) is 0. The summed E-state index contributed by atoms with van der Waals surface area (Å²) in [7, 11) is 0. The number of benzene rings is 8. The standard InChI is InChI=1S/C49H29N3/c1-2-12-33(13-3-1)51-43-20-9-8-17-37(43)39-27-31(22-24-44(39)51)32-23-25-45-41(28-32)49-34-14-5-4-11-30(34)21-26-46(49)52(45)47-29-40-36-16-7-6-15-35(36)38-18-10-19-42(50-47)48(38)40/h1-29H. The molecule has 0 radical (unpaired) electrons. The van der Waals surface area contributed by atoms with E-state index in [0.717, 1.165) is 22.4 Å². The first-order chi connectivity index (χ1) is 25.8. The van der Waals surface area contributed by atoms with Crippen molar-refractivity contribution in [1.82, 2.24) is 14.1 Å². The van der Waals surface area contributed by atoms with Gasteiger partial charge in [0.25, 0.3) is 0 Å². The lowest BCUT2D eigenvalue weighted by Crippen LogP contribution is -1.98. The molecule has 8 aromatic carbocycles. The van der Waals surface area contributed by atoms with Crippen LogP contribution in [0.15, 0.2) is 176 Å². The van der Waals surface area contributed by atoms with Crippen LogP contribution in [0.4, 0.5) is 0 Å². The molecule has 0 aliphatic heterocycles. The van der Waals surface area contributed by atoms with Crippen molar-refractivity contribution in [3.63, 3.8) is 0 Å². The highest BCUT2D eigenvalue weighted by molar-refractivity contribution is 6.22. The van der Waals surface area contributed by atoms with E-state index in [9.17, 15) is 0 Å². The van der Waals surface area contributed by atoms with Gasteiger partial charge in [-0.05, 0) is 105 Å². The Labute approximate surface area is 299 Å². The molecule has 3 aromatic heterocycles. The molecule has 1 aliphatic carbocycles. The Morgan fingerprint density at radius 1 is 0.346 bits per heavy atom. The van der Waals surface area contributed by atoms with Gasteiger partial charge in [-0.3, -0.25) is 4.57 Å². The van der Waals surface area contributed by atoms with Gasteiger partial charge in [0.05, 0.1) is 27.6 Å². The van der Waals surface area contributed by atoms with Crippen molar-refractivity contribution in [2.75, 3.05) is 0 Å². The van der Waals surface area contributed by atoms with E-state index in [4.69, 9.17) is 4.98 Å². The smallest absolute Gasteiger partial charge is 0.138 e. The minimum absolute atomic E-state index is 0.939. The van der Waals surface area contributed by atoms with Gasteiger partial charge in [-0.15, -0.1) is 0 Å². The summed E-state index contributed by atoms with van der Waals surface area (Å²) < 4.78 is 4.75. The van der Waals surface area contributed by atoms with Crippen molar-refractivity contribution in [3.8, 4) is 44.9 Å². The van der Waals surface area contributed by atoms with Crippen LogP contribution in [-0.4, -0.2) is 14.1 Å². The van der Waals surface area contributed by atoms with Gasteiger partial charge >= 0.3 is 0 Å². The molecule has 1 aliphatic rings. The summed E-state index contributed by atoms with van der Waals surface area (Å²) in [6, 6.07) is 64.2. The maximum atomic E-state index is 5.37. The summed E-state index contributed by atoms with van der Waals surface area (Å²) >= 11 is 0. The summed E-state index contributed by atoms with van der Waals surface area (Å²) in [5, 5.41) is 8.71. The predicted octanol–water partition coefficient (Wildman–Crippen LogP) is 12.9. The molecule has 3 nitrogen and oxygen atoms in total. The molecular weight excluding hydrogens is 631 g/mol. The van der Waals surface area contributed by atoms with Crippen molar-refractivity contribution >= 4 is 65.3 Å². The third-order valence-corrected chi connectivity index (χ3v) is 11.2. The summed E-state index contributed by atoms with van der Waals surface area (Å²) in [6.07, 6.45) is 0. The number of aromatic nitrogens is 3. The third kappa shape index (κ3) is 3.72. The highest BCUT2D eigenvalue weighted by Gasteiger charge is 2.24. The van der Waals surface area contributed by atoms with E-state index in [1.807, 2.05) is 0 Å². The summed E-state index contributed by atoms with van der Waals surface area (Å²) in [4.78, 5) is 5.37. The zero-order valence-electron chi connectivity index (χ0n) is 28.1. The predicted molar refractivity (Wildman–Crippen MR) is 218 cm³/mol. The molecule has 3 heterocycles. The largest absolute Gasteiger partial charge is 0.309 e. The Kier molecular flexibility index (Phi) is 5.50. The lowest BCUT2D eigenvalue weighted by Gasteiger charge is -2.11. The molecule has 0 N–H and O–H groups in total. The molecule has 0 saturated heterocycles. The molecule has 52 heavy (non-hydrogen) atoms. The molecule has 240 valence electrons. The minimum Gasteiger partial charge on any atom is -0.309 e. The highest BCUT2D eigenvalue weighted by atomic mass is 15.1. The van der Waals surface area contributed by atoms with Crippen molar-refractivity contribution in [1.29, 1.82) is 0 Å². The van der Waals surface area contributed by atoms with Crippen molar-refractivity contribution in [2.24, 2.45) is 0 Å². The zero-order chi connectivity index (χ0) is 33.9. The van der Waals surface area contributed by atoms with Gasteiger partial charge in [0.15, 0.2) is 0 Å². The molecule has 0 bridgehead atoms.